The van der Waals surface area contributed by atoms with E-state index in [1.54, 1.807) is 6.92 Å². The first kappa shape index (κ1) is 16.7. The van der Waals surface area contributed by atoms with Crippen LogP contribution >= 0.6 is 0 Å². The summed E-state index contributed by atoms with van der Waals surface area (Å²) in [5, 5.41) is 2.70. The smallest absolute Gasteiger partial charge is 0.422 e. The van der Waals surface area contributed by atoms with E-state index < -0.39 is 24.7 Å². The van der Waals surface area contributed by atoms with Crippen LogP contribution in [0.5, 0.6) is 5.88 Å². The summed E-state index contributed by atoms with van der Waals surface area (Å²) in [5.41, 5.74) is 0.830. The van der Waals surface area contributed by atoms with Crippen molar-refractivity contribution < 1.29 is 22.7 Å². The predicted molar refractivity (Wildman–Crippen MR) is 73.7 cm³/mol. The number of nitrogens with one attached hydrogen (secondary N) is 1. The molecule has 2 heterocycles. The monoisotopic (exact) mass is 326 g/mol. The zero-order valence-electron chi connectivity index (χ0n) is 12.0. The lowest BCUT2D eigenvalue weighted by Crippen LogP contribution is -2.27. The molecule has 2 aromatic heterocycles. The Labute approximate surface area is 129 Å². The lowest BCUT2D eigenvalue weighted by molar-refractivity contribution is -0.154. The molecule has 2 rings (SSSR count). The molecule has 0 saturated heterocycles. The fourth-order valence-corrected chi connectivity index (χ4v) is 1.67. The molecule has 0 aliphatic heterocycles. The molecule has 6 nitrogen and oxygen atoms in total. The third-order valence-electron chi connectivity index (χ3n) is 2.81. The zero-order chi connectivity index (χ0) is 16.9. The van der Waals surface area contributed by atoms with E-state index in [1.165, 1.54) is 36.9 Å². The number of pyridine rings is 1. The van der Waals surface area contributed by atoms with Gasteiger partial charge < -0.3 is 10.1 Å². The first-order valence-corrected chi connectivity index (χ1v) is 6.57. The van der Waals surface area contributed by atoms with Crippen molar-refractivity contribution in [3.63, 3.8) is 0 Å². The minimum atomic E-state index is -4.42. The average Bonchev–Trinajstić information content (AvgIpc) is 2.53. The maximum atomic E-state index is 12.0. The summed E-state index contributed by atoms with van der Waals surface area (Å²) in [4.78, 5) is 23.3. The number of carbonyl (C=O) groups is 1. The molecule has 1 N–H and O–H groups in total. The maximum Gasteiger partial charge on any atom is 0.422 e. The van der Waals surface area contributed by atoms with Gasteiger partial charge in [-0.1, -0.05) is 6.07 Å². The van der Waals surface area contributed by atoms with Crippen LogP contribution in [0.1, 0.15) is 29.0 Å². The highest BCUT2D eigenvalue weighted by atomic mass is 19.4. The van der Waals surface area contributed by atoms with Crippen molar-refractivity contribution in [2.24, 2.45) is 0 Å². The van der Waals surface area contributed by atoms with Crippen molar-refractivity contribution >= 4 is 5.91 Å². The van der Waals surface area contributed by atoms with E-state index >= 15 is 0 Å². The number of amides is 1. The largest absolute Gasteiger partial charge is 0.468 e. The van der Waals surface area contributed by atoms with Gasteiger partial charge in [0.1, 0.15) is 12.0 Å². The lowest BCUT2D eigenvalue weighted by Gasteiger charge is -2.14. The SMILES string of the molecule is CC(NC(=O)c1ccncn1)c1ccc(OCC(F)(F)F)nc1. The van der Waals surface area contributed by atoms with Crippen molar-refractivity contribution in [1.82, 2.24) is 20.3 Å². The Morgan fingerprint density at radius 1 is 1.30 bits per heavy atom. The van der Waals surface area contributed by atoms with Crippen LogP contribution in [0.3, 0.4) is 0 Å². The van der Waals surface area contributed by atoms with Gasteiger partial charge in [0.05, 0.1) is 6.04 Å². The first-order chi connectivity index (χ1) is 10.8. The molecule has 122 valence electrons. The number of halogens is 3. The third-order valence-corrected chi connectivity index (χ3v) is 2.81. The molecule has 0 aliphatic carbocycles. The van der Waals surface area contributed by atoms with Gasteiger partial charge in [0, 0.05) is 18.5 Å². The van der Waals surface area contributed by atoms with Gasteiger partial charge in [-0.2, -0.15) is 13.2 Å². The number of ether oxygens (including phenoxy) is 1. The number of hydrogen-bond acceptors (Lipinski definition) is 5. The Hall–Kier alpha value is -2.71. The van der Waals surface area contributed by atoms with Gasteiger partial charge in [-0.05, 0) is 18.6 Å². The van der Waals surface area contributed by atoms with Gasteiger partial charge in [0.2, 0.25) is 5.88 Å². The molecular weight excluding hydrogens is 313 g/mol. The number of rotatable bonds is 5. The van der Waals surface area contributed by atoms with Crippen LogP contribution < -0.4 is 10.1 Å². The third kappa shape index (κ3) is 5.20. The first-order valence-electron chi connectivity index (χ1n) is 6.57. The van der Waals surface area contributed by atoms with E-state index in [1.807, 2.05) is 0 Å². The second-order valence-corrected chi connectivity index (χ2v) is 4.62. The number of alkyl halides is 3. The van der Waals surface area contributed by atoms with Crippen LogP contribution in [0.2, 0.25) is 0 Å². The minimum absolute atomic E-state index is 0.139. The second-order valence-electron chi connectivity index (χ2n) is 4.62. The number of aromatic nitrogens is 3. The number of hydrogen-bond donors (Lipinski definition) is 1. The fraction of sp³-hybridized carbons (Fsp3) is 0.286. The molecule has 0 saturated carbocycles. The van der Waals surface area contributed by atoms with Crippen molar-refractivity contribution in [2.45, 2.75) is 19.1 Å². The summed E-state index contributed by atoms with van der Waals surface area (Å²) < 4.78 is 40.6. The van der Waals surface area contributed by atoms with Gasteiger partial charge in [-0.25, -0.2) is 15.0 Å². The molecule has 2 aromatic rings. The Morgan fingerprint density at radius 3 is 2.65 bits per heavy atom. The normalized spacial score (nSPS) is 12.5. The van der Waals surface area contributed by atoms with Crippen LogP contribution in [0, 0.1) is 0 Å². The highest BCUT2D eigenvalue weighted by Crippen LogP contribution is 2.18. The molecule has 1 amide bonds. The average molecular weight is 326 g/mol. The van der Waals surface area contributed by atoms with Gasteiger partial charge in [0.25, 0.3) is 5.91 Å². The van der Waals surface area contributed by atoms with E-state index in [4.69, 9.17) is 0 Å². The molecular formula is C14H13F3N4O2. The molecule has 0 bridgehead atoms. The van der Waals surface area contributed by atoms with Crippen molar-refractivity contribution in [2.75, 3.05) is 6.61 Å². The fourth-order valence-electron chi connectivity index (χ4n) is 1.67. The van der Waals surface area contributed by atoms with E-state index in [-0.39, 0.29) is 11.6 Å². The Kier molecular flexibility index (Phi) is 5.09. The van der Waals surface area contributed by atoms with Crippen molar-refractivity contribution in [1.29, 1.82) is 0 Å². The van der Waals surface area contributed by atoms with E-state index in [0.29, 0.717) is 5.56 Å². The Morgan fingerprint density at radius 2 is 2.09 bits per heavy atom. The van der Waals surface area contributed by atoms with Crippen molar-refractivity contribution in [3.05, 3.63) is 48.2 Å². The molecule has 23 heavy (non-hydrogen) atoms. The topological polar surface area (TPSA) is 77.0 Å². The summed E-state index contributed by atoms with van der Waals surface area (Å²) in [6.45, 7) is 0.311. The minimum Gasteiger partial charge on any atom is -0.468 e. The molecule has 0 aromatic carbocycles. The number of nitrogens with zero attached hydrogens (tertiary/aromatic N) is 3. The van der Waals surface area contributed by atoms with Crippen LogP contribution in [0.15, 0.2) is 36.9 Å². The standard InChI is InChI=1S/C14H13F3N4O2/c1-9(21-13(22)11-4-5-18-8-20-11)10-2-3-12(19-6-10)23-7-14(15,16)17/h2-6,8-9H,7H2,1H3,(H,21,22). The highest BCUT2D eigenvalue weighted by Gasteiger charge is 2.28. The van der Waals surface area contributed by atoms with Crippen LogP contribution in [-0.2, 0) is 0 Å². The van der Waals surface area contributed by atoms with Gasteiger partial charge in [-0.3, -0.25) is 4.79 Å². The number of carbonyl (C=O) groups excluding carboxylic acids is 1. The maximum absolute atomic E-state index is 12.0. The van der Waals surface area contributed by atoms with Crippen LogP contribution in [0.4, 0.5) is 13.2 Å². The quantitative estimate of drug-likeness (QED) is 0.912. The van der Waals surface area contributed by atoms with E-state index in [9.17, 15) is 18.0 Å². The van der Waals surface area contributed by atoms with E-state index in [2.05, 4.69) is 25.0 Å². The summed E-state index contributed by atoms with van der Waals surface area (Å²) in [7, 11) is 0. The summed E-state index contributed by atoms with van der Waals surface area (Å²) in [5.74, 6) is -0.530. The molecule has 1 unspecified atom stereocenters. The summed E-state index contributed by atoms with van der Waals surface area (Å²) in [6.07, 6.45) is -0.370. The Balaban J connectivity index is 1.95. The molecule has 0 spiro atoms. The van der Waals surface area contributed by atoms with Gasteiger partial charge >= 0.3 is 6.18 Å². The molecule has 0 radical (unpaired) electrons. The lowest BCUT2D eigenvalue weighted by atomic mass is 10.1. The summed E-state index contributed by atoms with van der Waals surface area (Å²) >= 11 is 0. The zero-order valence-corrected chi connectivity index (χ0v) is 12.0. The summed E-state index contributed by atoms with van der Waals surface area (Å²) in [6, 6.07) is 3.91. The Bertz CT molecular complexity index is 647. The van der Waals surface area contributed by atoms with Crippen LogP contribution in [-0.4, -0.2) is 33.6 Å². The predicted octanol–water partition coefficient (Wildman–Crippen LogP) is 2.30. The molecule has 1 atom stereocenters. The molecule has 0 aliphatic rings. The van der Waals surface area contributed by atoms with Gasteiger partial charge in [-0.15, -0.1) is 0 Å². The highest BCUT2D eigenvalue weighted by molar-refractivity contribution is 5.92. The van der Waals surface area contributed by atoms with Gasteiger partial charge in [0.15, 0.2) is 6.61 Å². The molecule has 0 fully saturated rings. The molecule has 9 heteroatoms. The van der Waals surface area contributed by atoms with Crippen molar-refractivity contribution in [3.8, 4) is 5.88 Å². The van der Waals surface area contributed by atoms with Crippen LogP contribution in [0.25, 0.3) is 0 Å². The van der Waals surface area contributed by atoms with E-state index in [0.717, 1.165) is 0 Å². The second kappa shape index (κ2) is 7.03.